The third kappa shape index (κ3) is 5.04. The van der Waals surface area contributed by atoms with E-state index in [-0.39, 0.29) is 10.9 Å². The van der Waals surface area contributed by atoms with E-state index in [1.807, 2.05) is 48.5 Å². The van der Waals surface area contributed by atoms with Gasteiger partial charge in [-0.2, -0.15) is 0 Å². The summed E-state index contributed by atoms with van der Waals surface area (Å²) in [5.74, 6) is 0.635. The fourth-order valence-electron chi connectivity index (χ4n) is 4.87. The lowest BCUT2D eigenvalue weighted by atomic mass is 10.0. The molecule has 0 unspecified atom stereocenters. The van der Waals surface area contributed by atoms with Gasteiger partial charge in [-0.25, -0.2) is 8.42 Å². The first-order valence-corrected chi connectivity index (χ1v) is 13.4. The van der Waals surface area contributed by atoms with Crippen LogP contribution < -0.4 is 9.04 Å². The number of sulfonamides is 1. The molecule has 1 aliphatic heterocycles. The number of piperidine rings is 1. The molecule has 0 bridgehead atoms. The monoisotopic (exact) mass is 486 g/mol. The van der Waals surface area contributed by atoms with E-state index < -0.39 is 10.0 Å². The number of hydrogen-bond donors (Lipinski definition) is 0. The number of anilines is 1. The van der Waals surface area contributed by atoms with E-state index in [4.69, 9.17) is 4.74 Å². The Bertz CT molecular complexity index is 1380. The first-order valence-electron chi connectivity index (χ1n) is 12.0. The molecule has 1 heterocycles. The maximum atomic E-state index is 14.0. The maximum Gasteiger partial charge on any atom is 0.264 e. The minimum absolute atomic E-state index is 0.115. The van der Waals surface area contributed by atoms with Crippen molar-refractivity contribution >= 4 is 26.5 Å². The molecule has 1 aliphatic rings. The van der Waals surface area contributed by atoms with Crippen molar-refractivity contribution in [3.63, 3.8) is 0 Å². The van der Waals surface area contributed by atoms with Gasteiger partial charge in [-0.15, -0.1) is 0 Å². The van der Waals surface area contributed by atoms with Crippen LogP contribution in [0.15, 0.2) is 102 Å². The average Bonchev–Trinajstić information content (AvgIpc) is 2.90. The third-order valence-electron chi connectivity index (χ3n) is 6.74. The quantitative estimate of drug-likeness (QED) is 0.336. The highest BCUT2D eigenvalue weighted by atomic mass is 32.2. The van der Waals surface area contributed by atoms with Crippen molar-refractivity contribution in [2.75, 3.05) is 24.5 Å². The fourth-order valence-corrected chi connectivity index (χ4v) is 6.58. The van der Waals surface area contributed by atoms with Crippen molar-refractivity contribution < 1.29 is 13.2 Å². The van der Waals surface area contributed by atoms with Gasteiger partial charge in [0.15, 0.2) is 0 Å². The summed E-state index contributed by atoms with van der Waals surface area (Å²) >= 11 is 0. The lowest BCUT2D eigenvalue weighted by molar-refractivity contribution is 0.206. The SMILES string of the molecule is COc1ccc(S(=O)(=O)N(c2ccc3ccccc3c2)C2CCN(Cc3ccccc3)CC2)cc1. The maximum absolute atomic E-state index is 14.0. The smallest absolute Gasteiger partial charge is 0.264 e. The normalized spacial score (nSPS) is 15.2. The van der Waals surface area contributed by atoms with Gasteiger partial charge in [-0.05, 0) is 65.6 Å². The minimum atomic E-state index is -3.76. The predicted octanol–water partition coefficient (Wildman–Crippen LogP) is 5.71. The zero-order chi connectivity index (χ0) is 24.3. The second-order valence-electron chi connectivity index (χ2n) is 9.00. The Morgan fingerprint density at radius 3 is 2.17 bits per heavy atom. The second-order valence-corrected chi connectivity index (χ2v) is 10.8. The van der Waals surface area contributed by atoms with Gasteiger partial charge in [0.25, 0.3) is 10.0 Å². The van der Waals surface area contributed by atoms with Crippen molar-refractivity contribution in [3.05, 3.63) is 103 Å². The molecule has 4 aromatic rings. The number of hydrogen-bond acceptors (Lipinski definition) is 4. The van der Waals surface area contributed by atoms with Crippen molar-refractivity contribution in [1.82, 2.24) is 4.90 Å². The summed E-state index contributed by atoms with van der Waals surface area (Å²) in [5, 5.41) is 2.12. The van der Waals surface area contributed by atoms with Gasteiger partial charge >= 0.3 is 0 Å². The molecule has 1 saturated heterocycles. The highest BCUT2D eigenvalue weighted by Crippen LogP contribution is 2.33. The standard InChI is InChI=1S/C29H30N2O3S/c1-34-28-13-15-29(16-14-28)35(32,33)31(27-12-11-24-9-5-6-10-25(24)21-27)26-17-19-30(20-18-26)22-23-7-3-2-4-8-23/h2-16,21,26H,17-20,22H2,1H3. The molecule has 1 fully saturated rings. The molecule has 0 aliphatic carbocycles. The van der Waals surface area contributed by atoms with Crippen molar-refractivity contribution in [1.29, 1.82) is 0 Å². The Kier molecular flexibility index (Phi) is 6.75. The molecule has 0 saturated carbocycles. The summed E-state index contributed by atoms with van der Waals surface area (Å²) in [7, 11) is -2.19. The van der Waals surface area contributed by atoms with Crippen LogP contribution in [-0.2, 0) is 16.6 Å². The minimum Gasteiger partial charge on any atom is -0.497 e. The molecule has 0 aromatic heterocycles. The van der Waals surface area contributed by atoms with E-state index >= 15 is 0 Å². The molecule has 4 aromatic carbocycles. The van der Waals surface area contributed by atoms with Crippen molar-refractivity contribution in [2.24, 2.45) is 0 Å². The Hall–Kier alpha value is -3.35. The largest absolute Gasteiger partial charge is 0.497 e. The summed E-state index contributed by atoms with van der Waals surface area (Å²) in [5.41, 5.74) is 1.99. The molecule has 5 rings (SSSR count). The van der Waals surface area contributed by atoms with E-state index in [0.717, 1.165) is 43.2 Å². The first-order chi connectivity index (χ1) is 17.0. The highest BCUT2D eigenvalue weighted by Gasteiger charge is 2.34. The van der Waals surface area contributed by atoms with Crippen LogP contribution in [0.3, 0.4) is 0 Å². The molecular weight excluding hydrogens is 456 g/mol. The van der Waals surface area contributed by atoms with E-state index in [0.29, 0.717) is 11.4 Å². The number of ether oxygens (including phenoxy) is 1. The van der Waals surface area contributed by atoms with Crippen LogP contribution >= 0.6 is 0 Å². The summed E-state index contributed by atoms with van der Waals surface area (Å²) in [6.07, 6.45) is 1.55. The fraction of sp³-hybridized carbons (Fsp3) is 0.241. The molecule has 0 amide bonds. The molecule has 0 radical (unpaired) electrons. The number of fused-ring (bicyclic) bond motifs is 1. The molecule has 0 N–H and O–H groups in total. The van der Waals surface area contributed by atoms with Crippen LogP contribution in [0.2, 0.25) is 0 Å². The molecular formula is C29H30N2O3S. The van der Waals surface area contributed by atoms with Gasteiger partial charge < -0.3 is 4.74 Å². The van der Waals surface area contributed by atoms with Gasteiger partial charge in [-0.3, -0.25) is 9.21 Å². The van der Waals surface area contributed by atoms with Gasteiger partial charge in [0.2, 0.25) is 0 Å². The lowest BCUT2D eigenvalue weighted by Gasteiger charge is -2.39. The summed E-state index contributed by atoms with van der Waals surface area (Å²) in [6.45, 7) is 2.58. The number of benzene rings is 4. The van der Waals surface area contributed by atoms with Crippen molar-refractivity contribution in [2.45, 2.75) is 30.3 Å². The number of likely N-dealkylation sites (tertiary alicyclic amines) is 1. The third-order valence-corrected chi connectivity index (χ3v) is 8.64. The first kappa shape index (κ1) is 23.4. The van der Waals surface area contributed by atoms with Crippen LogP contribution in [0, 0.1) is 0 Å². The second kappa shape index (κ2) is 10.1. The van der Waals surface area contributed by atoms with Gasteiger partial charge in [0.05, 0.1) is 17.7 Å². The number of nitrogens with zero attached hydrogens (tertiary/aromatic N) is 2. The van der Waals surface area contributed by atoms with E-state index in [9.17, 15) is 8.42 Å². The van der Waals surface area contributed by atoms with Crippen LogP contribution in [0.4, 0.5) is 5.69 Å². The Balaban J connectivity index is 1.46. The molecule has 5 nitrogen and oxygen atoms in total. The van der Waals surface area contributed by atoms with Gasteiger partial charge in [0, 0.05) is 25.7 Å². The van der Waals surface area contributed by atoms with E-state index in [1.54, 1.807) is 35.7 Å². The van der Waals surface area contributed by atoms with Crippen molar-refractivity contribution in [3.8, 4) is 5.75 Å². The topological polar surface area (TPSA) is 49.9 Å². The van der Waals surface area contributed by atoms with E-state index in [2.05, 4.69) is 29.2 Å². The number of rotatable bonds is 7. The lowest BCUT2D eigenvalue weighted by Crippen LogP contribution is -2.47. The Labute approximate surface area is 207 Å². The Morgan fingerprint density at radius 2 is 1.49 bits per heavy atom. The molecule has 0 atom stereocenters. The Morgan fingerprint density at radius 1 is 0.829 bits per heavy atom. The predicted molar refractivity (Wildman–Crippen MR) is 141 cm³/mol. The highest BCUT2D eigenvalue weighted by molar-refractivity contribution is 7.92. The summed E-state index contributed by atoms with van der Waals surface area (Å²) in [4.78, 5) is 2.68. The van der Waals surface area contributed by atoms with Crippen LogP contribution in [0.1, 0.15) is 18.4 Å². The molecule has 0 spiro atoms. The molecule has 180 valence electrons. The van der Waals surface area contributed by atoms with Crippen LogP contribution in [-0.4, -0.2) is 39.6 Å². The zero-order valence-corrected chi connectivity index (χ0v) is 20.7. The van der Waals surface area contributed by atoms with Crippen LogP contribution in [0.25, 0.3) is 10.8 Å². The molecule has 35 heavy (non-hydrogen) atoms. The zero-order valence-electron chi connectivity index (χ0n) is 19.9. The van der Waals surface area contributed by atoms with E-state index in [1.165, 1.54) is 5.56 Å². The van der Waals surface area contributed by atoms with Crippen LogP contribution in [0.5, 0.6) is 5.75 Å². The van der Waals surface area contributed by atoms with Gasteiger partial charge in [-0.1, -0.05) is 60.7 Å². The summed E-state index contributed by atoms with van der Waals surface area (Å²) in [6, 6.07) is 31.0. The van der Waals surface area contributed by atoms with Gasteiger partial charge in [0.1, 0.15) is 5.75 Å². The summed E-state index contributed by atoms with van der Waals surface area (Å²) < 4.78 is 34.9. The average molecular weight is 487 g/mol. The molecule has 6 heteroatoms. The number of methoxy groups -OCH3 is 1.